The lowest BCUT2D eigenvalue weighted by atomic mass is 10.3. The van der Waals surface area contributed by atoms with E-state index in [1.165, 1.54) is 6.07 Å². The third-order valence-corrected chi connectivity index (χ3v) is 2.31. The van der Waals surface area contributed by atoms with Crippen LogP contribution in [0.1, 0.15) is 5.56 Å². The molecule has 1 aromatic heterocycles. The van der Waals surface area contributed by atoms with Crippen LogP contribution in [0.5, 0.6) is 0 Å². The molecule has 0 amide bonds. The normalized spacial score (nSPS) is 11.5. The summed E-state index contributed by atoms with van der Waals surface area (Å²) in [6, 6.07) is 1.35. The molecule has 0 aliphatic heterocycles. The van der Waals surface area contributed by atoms with Gasteiger partial charge in [-0.1, -0.05) is 0 Å². The Morgan fingerprint density at radius 1 is 1.46 bits per heavy atom. The van der Waals surface area contributed by atoms with Crippen molar-refractivity contribution in [1.82, 2.24) is 4.98 Å². The SMILES string of the molecule is CNc1cc(I)c(C(F)(F)F)cn1. The summed E-state index contributed by atoms with van der Waals surface area (Å²) in [6.45, 7) is 0. The van der Waals surface area contributed by atoms with Crippen molar-refractivity contribution >= 4 is 28.4 Å². The Kier molecular flexibility index (Phi) is 2.99. The molecule has 1 aromatic rings. The van der Waals surface area contributed by atoms with Crippen LogP contribution in [-0.4, -0.2) is 12.0 Å². The van der Waals surface area contributed by atoms with E-state index in [4.69, 9.17) is 0 Å². The van der Waals surface area contributed by atoms with Gasteiger partial charge < -0.3 is 5.32 Å². The van der Waals surface area contributed by atoms with Crippen molar-refractivity contribution in [3.8, 4) is 0 Å². The molecule has 0 aliphatic carbocycles. The number of alkyl halides is 3. The smallest absolute Gasteiger partial charge is 0.373 e. The third-order valence-electron chi connectivity index (χ3n) is 1.42. The molecule has 0 saturated heterocycles. The molecule has 1 heterocycles. The van der Waals surface area contributed by atoms with Crippen LogP contribution in [0.25, 0.3) is 0 Å². The molecule has 0 atom stereocenters. The van der Waals surface area contributed by atoms with Crippen LogP contribution in [0, 0.1) is 3.57 Å². The van der Waals surface area contributed by atoms with Gasteiger partial charge in [-0.15, -0.1) is 0 Å². The van der Waals surface area contributed by atoms with Gasteiger partial charge >= 0.3 is 6.18 Å². The molecule has 6 heteroatoms. The Balaban J connectivity index is 3.13. The van der Waals surface area contributed by atoms with E-state index in [2.05, 4.69) is 10.3 Å². The highest BCUT2D eigenvalue weighted by molar-refractivity contribution is 14.1. The molecule has 72 valence electrons. The predicted molar refractivity (Wildman–Crippen MR) is 51.5 cm³/mol. The lowest BCUT2D eigenvalue weighted by molar-refractivity contribution is -0.138. The van der Waals surface area contributed by atoms with Gasteiger partial charge in [-0.25, -0.2) is 4.98 Å². The summed E-state index contributed by atoms with van der Waals surface area (Å²) >= 11 is 1.63. The van der Waals surface area contributed by atoms with E-state index >= 15 is 0 Å². The zero-order valence-corrected chi connectivity index (χ0v) is 8.77. The fourth-order valence-corrected chi connectivity index (χ4v) is 1.52. The predicted octanol–water partition coefficient (Wildman–Crippen LogP) is 2.75. The standard InChI is InChI=1S/C7H6F3IN2/c1-12-6-2-5(11)4(3-13-6)7(8,9)10/h2-3H,1H3,(H,12,13). The van der Waals surface area contributed by atoms with Gasteiger partial charge in [0.05, 0.1) is 5.56 Å². The van der Waals surface area contributed by atoms with Gasteiger partial charge in [0.25, 0.3) is 0 Å². The third kappa shape index (κ3) is 2.45. The van der Waals surface area contributed by atoms with Gasteiger partial charge in [0.2, 0.25) is 0 Å². The van der Waals surface area contributed by atoms with E-state index in [1.54, 1.807) is 29.6 Å². The van der Waals surface area contributed by atoms with Gasteiger partial charge in [0.15, 0.2) is 0 Å². The zero-order valence-electron chi connectivity index (χ0n) is 6.61. The lowest BCUT2D eigenvalue weighted by Gasteiger charge is -2.09. The lowest BCUT2D eigenvalue weighted by Crippen LogP contribution is -2.08. The van der Waals surface area contributed by atoms with Crippen molar-refractivity contribution < 1.29 is 13.2 Å². The number of nitrogens with zero attached hydrogens (tertiary/aromatic N) is 1. The summed E-state index contributed by atoms with van der Waals surface area (Å²) in [5, 5.41) is 2.66. The van der Waals surface area contributed by atoms with Crippen molar-refractivity contribution in [1.29, 1.82) is 0 Å². The highest BCUT2D eigenvalue weighted by Crippen LogP contribution is 2.32. The van der Waals surface area contributed by atoms with Crippen LogP contribution in [0.2, 0.25) is 0 Å². The maximum absolute atomic E-state index is 12.2. The van der Waals surface area contributed by atoms with Crippen molar-refractivity contribution in [2.45, 2.75) is 6.18 Å². The second-order valence-corrected chi connectivity index (χ2v) is 3.46. The number of aromatic nitrogens is 1. The Labute approximate surface area is 86.7 Å². The highest BCUT2D eigenvalue weighted by Gasteiger charge is 2.33. The minimum atomic E-state index is -4.32. The number of rotatable bonds is 1. The summed E-state index contributed by atoms with van der Waals surface area (Å²) in [4.78, 5) is 3.59. The van der Waals surface area contributed by atoms with Gasteiger partial charge in [0.1, 0.15) is 5.82 Å². The molecule has 0 radical (unpaired) electrons. The van der Waals surface area contributed by atoms with Gasteiger partial charge in [0, 0.05) is 16.8 Å². The summed E-state index contributed by atoms with van der Waals surface area (Å²) in [6.07, 6.45) is -3.50. The van der Waals surface area contributed by atoms with Crippen LogP contribution in [0.4, 0.5) is 19.0 Å². The average molecular weight is 302 g/mol. The van der Waals surface area contributed by atoms with Crippen LogP contribution >= 0.6 is 22.6 Å². The molecule has 0 spiro atoms. The molecule has 1 N–H and O–H groups in total. The van der Waals surface area contributed by atoms with Crippen molar-refractivity contribution in [2.75, 3.05) is 12.4 Å². The summed E-state index contributed by atoms with van der Waals surface area (Å²) in [5.41, 5.74) is -0.702. The quantitative estimate of drug-likeness (QED) is 0.807. The largest absolute Gasteiger partial charge is 0.418 e. The minimum Gasteiger partial charge on any atom is -0.373 e. The molecular formula is C7H6F3IN2. The fourth-order valence-electron chi connectivity index (χ4n) is 0.776. The molecule has 0 aromatic carbocycles. The fraction of sp³-hybridized carbons (Fsp3) is 0.286. The molecule has 13 heavy (non-hydrogen) atoms. The Hall–Kier alpha value is -0.530. The average Bonchev–Trinajstić information content (AvgIpc) is 2.01. The molecule has 2 nitrogen and oxygen atoms in total. The number of anilines is 1. The van der Waals surface area contributed by atoms with Crippen LogP contribution in [0.15, 0.2) is 12.3 Å². The van der Waals surface area contributed by atoms with Gasteiger partial charge in [-0.3, -0.25) is 0 Å². The van der Waals surface area contributed by atoms with Crippen LogP contribution in [0.3, 0.4) is 0 Å². The molecule has 0 saturated carbocycles. The number of nitrogens with one attached hydrogen (secondary N) is 1. The number of pyridine rings is 1. The molecule has 0 unspecified atom stereocenters. The van der Waals surface area contributed by atoms with E-state index in [0.29, 0.717) is 5.82 Å². The minimum absolute atomic E-state index is 0.143. The van der Waals surface area contributed by atoms with Crippen molar-refractivity contribution in [3.05, 3.63) is 21.4 Å². The maximum Gasteiger partial charge on any atom is 0.418 e. The Bertz CT molecular complexity index is 311. The Morgan fingerprint density at radius 2 is 2.08 bits per heavy atom. The first kappa shape index (κ1) is 10.6. The van der Waals surface area contributed by atoms with Crippen LogP contribution < -0.4 is 5.32 Å². The van der Waals surface area contributed by atoms with Gasteiger partial charge in [-0.2, -0.15) is 13.2 Å². The molecular weight excluding hydrogens is 296 g/mol. The number of hydrogen-bond acceptors (Lipinski definition) is 2. The summed E-state index contributed by atoms with van der Waals surface area (Å²) in [7, 11) is 1.60. The van der Waals surface area contributed by atoms with E-state index < -0.39 is 11.7 Å². The zero-order chi connectivity index (χ0) is 10.1. The second kappa shape index (κ2) is 3.69. The topological polar surface area (TPSA) is 24.9 Å². The van der Waals surface area contributed by atoms with E-state index in [1.807, 2.05) is 0 Å². The second-order valence-electron chi connectivity index (χ2n) is 2.30. The van der Waals surface area contributed by atoms with Gasteiger partial charge in [-0.05, 0) is 28.7 Å². The molecule has 0 aliphatic rings. The highest BCUT2D eigenvalue weighted by atomic mass is 127. The monoisotopic (exact) mass is 302 g/mol. The Morgan fingerprint density at radius 3 is 2.46 bits per heavy atom. The van der Waals surface area contributed by atoms with E-state index in [0.717, 1.165) is 6.20 Å². The van der Waals surface area contributed by atoms with Crippen molar-refractivity contribution in [2.24, 2.45) is 0 Å². The molecule has 0 fully saturated rings. The number of halogens is 4. The molecule has 0 bridgehead atoms. The van der Waals surface area contributed by atoms with Crippen LogP contribution in [-0.2, 0) is 6.18 Å². The number of hydrogen-bond donors (Lipinski definition) is 1. The summed E-state index contributed by atoms with van der Waals surface area (Å²) < 4.78 is 36.8. The van der Waals surface area contributed by atoms with E-state index in [9.17, 15) is 13.2 Å². The molecule has 1 rings (SSSR count). The summed E-state index contributed by atoms with van der Waals surface area (Å²) in [5.74, 6) is 0.428. The first-order chi connectivity index (χ1) is 5.95. The van der Waals surface area contributed by atoms with E-state index in [-0.39, 0.29) is 3.57 Å². The van der Waals surface area contributed by atoms with Crippen molar-refractivity contribution in [3.63, 3.8) is 0 Å². The first-order valence-corrected chi connectivity index (χ1v) is 4.43. The first-order valence-electron chi connectivity index (χ1n) is 3.35. The maximum atomic E-state index is 12.2.